The Labute approximate surface area is 135 Å². The highest BCUT2D eigenvalue weighted by molar-refractivity contribution is 7.22. The number of hydrogen-bond donors (Lipinski definition) is 1. The van der Waals surface area contributed by atoms with Crippen molar-refractivity contribution in [2.45, 2.75) is 31.7 Å². The SMILES string of the molecule is C[C@@H](CO[C@H]1CCOC1)Nc1nc2cc(C(F)(F)F)ccc2s1. The van der Waals surface area contributed by atoms with Crippen molar-refractivity contribution < 1.29 is 22.6 Å². The molecule has 0 saturated carbocycles. The Morgan fingerprint density at radius 1 is 1.48 bits per heavy atom. The molecule has 1 aromatic heterocycles. The minimum Gasteiger partial charge on any atom is -0.379 e. The molecule has 23 heavy (non-hydrogen) atoms. The molecule has 1 fully saturated rings. The van der Waals surface area contributed by atoms with Gasteiger partial charge < -0.3 is 14.8 Å². The number of ether oxygens (including phenoxy) is 2. The van der Waals surface area contributed by atoms with Crippen LogP contribution < -0.4 is 5.32 Å². The first-order chi connectivity index (χ1) is 10.9. The molecule has 126 valence electrons. The highest BCUT2D eigenvalue weighted by atomic mass is 32.1. The van der Waals surface area contributed by atoms with Crippen molar-refractivity contribution in [1.29, 1.82) is 0 Å². The summed E-state index contributed by atoms with van der Waals surface area (Å²) in [6, 6.07) is 3.63. The van der Waals surface area contributed by atoms with Crippen LogP contribution in [0.4, 0.5) is 18.3 Å². The van der Waals surface area contributed by atoms with E-state index < -0.39 is 11.7 Å². The summed E-state index contributed by atoms with van der Waals surface area (Å²) < 4.78 is 49.8. The van der Waals surface area contributed by atoms with Crippen molar-refractivity contribution in [1.82, 2.24) is 4.98 Å². The number of nitrogens with one attached hydrogen (secondary N) is 1. The molecule has 2 aromatic rings. The van der Waals surface area contributed by atoms with Crippen LogP contribution in [0.15, 0.2) is 18.2 Å². The van der Waals surface area contributed by atoms with Gasteiger partial charge in [-0.15, -0.1) is 0 Å². The van der Waals surface area contributed by atoms with Gasteiger partial charge in [-0.2, -0.15) is 13.2 Å². The van der Waals surface area contributed by atoms with E-state index >= 15 is 0 Å². The Balaban J connectivity index is 1.63. The Morgan fingerprint density at radius 3 is 3.00 bits per heavy atom. The normalized spacial score (nSPS) is 20.1. The number of halogens is 3. The third-order valence-corrected chi connectivity index (χ3v) is 4.52. The lowest BCUT2D eigenvalue weighted by molar-refractivity contribution is -0.137. The van der Waals surface area contributed by atoms with Gasteiger partial charge in [-0.1, -0.05) is 11.3 Å². The number of rotatable bonds is 5. The standard InChI is InChI=1S/C15H17F3N2O2S/c1-9(7-22-11-4-5-21-8-11)19-14-20-12-6-10(15(16,17)18)2-3-13(12)23-14/h2-3,6,9,11H,4-5,7-8H2,1H3,(H,19,20)/t9-,11-/m0/s1. The van der Waals surface area contributed by atoms with Gasteiger partial charge in [0.1, 0.15) is 0 Å². The molecular weight excluding hydrogens is 329 g/mol. The summed E-state index contributed by atoms with van der Waals surface area (Å²) in [4.78, 5) is 4.23. The van der Waals surface area contributed by atoms with Gasteiger partial charge in [0.2, 0.25) is 0 Å². The molecular formula is C15H17F3N2O2S. The lowest BCUT2D eigenvalue weighted by Gasteiger charge is -2.16. The maximum absolute atomic E-state index is 12.7. The molecule has 0 bridgehead atoms. The molecule has 0 aliphatic carbocycles. The molecule has 4 nitrogen and oxygen atoms in total. The summed E-state index contributed by atoms with van der Waals surface area (Å²) in [5.41, 5.74) is -0.330. The third kappa shape index (κ3) is 4.13. The smallest absolute Gasteiger partial charge is 0.379 e. The molecule has 0 spiro atoms. The second-order valence-electron chi connectivity index (χ2n) is 5.56. The minimum atomic E-state index is -4.35. The van der Waals surface area contributed by atoms with E-state index in [1.54, 1.807) is 0 Å². The van der Waals surface area contributed by atoms with E-state index in [0.717, 1.165) is 29.9 Å². The first-order valence-electron chi connectivity index (χ1n) is 7.35. The molecule has 1 aromatic carbocycles. The molecule has 2 heterocycles. The van der Waals surface area contributed by atoms with Crippen LogP contribution in [0.5, 0.6) is 0 Å². The Kier molecular flexibility index (Phi) is 4.74. The maximum Gasteiger partial charge on any atom is 0.416 e. The van der Waals surface area contributed by atoms with E-state index in [4.69, 9.17) is 9.47 Å². The van der Waals surface area contributed by atoms with Gasteiger partial charge in [0, 0.05) is 12.6 Å². The van der Waals surface area contributed by atoms with Gasteiger partial charge in [-0.3, -0.25) is 0 Å². The molecule has 3 rings (SSSR count). The zero-order valence-electron chi connectivity index (χ0n) is 12.5. The summed E-state index contributed by atoms with van der Waals surface area (Å²) in [5, 5.41) is 3.77. The summed E-state index contributed by atoms with van der Waals surface area (Å²) >= 11 is 1.33. The van der Waals surface area contributed by atoms with Gasteiger partial charge in [-0.25, -0.2) is 4.98 Å². The zero-order valence-corrected chi connectivity index (χ0v) is 13.3. The quantitative estimate of drug-likeness (QED) is 0.891. The molecule has 0 amide bonds. The van der Waals surface area contributed by atoms with Crippen LogP contribution >= 0.6 is 11.3 Å². The molecule has 8 heteroatoms. The minimum absolute atomic E-state index is 0.0123. The third-order valence-electron chi connectivity index (χ3n) is 3.55. The average Bonchev–Trinajstić information content (AvgIpc) is 3.12. The molecule has 1 aliphatic rings. The fourth-order valence-corrected chi connectivity index (χ4v) is 3.30. The maximum atomic E-state index is 12.7. The van der Waals surface area contributed by atoms with Crippen LogP contribution in [0.1, 0.15) is 18.9 Å². The van der Waals surface area contributed by atoms with Crippen LogP contribution in [0.3, 0.4) is 0 Å². The fraction of sp³-hybridized carbons (Fsp3) is 0.533. The average molecular weight is 346 g/mol. The van der Waals surface area contributed by atoms with Crippen LogP contribution in [0.2, 0.25) is 0 Å². The van der Waals surface area contributed by atoms with E-state index in [1.165, 1.54) is 17.4 Å². The highest BCUT2D eigenvalue weighted by Crippen LogP contribution is 2.34. The summed E-state index contributed by atoms with van der Waals surface area (Å²) in [6.07, 6.45) is -3.33. The first-order valence-corrected chi connectivity index (χ1v) is 8.17. The van der Waals surface area contributed by atoms with Gasteiger partial charge in [0.25, 0.3) is 0 Å². The number of anilines is 1. The number of thiazole rings is 1. The first kappa shape index (κ1) is 16.5. The fourth-order valence-electron chi connectivity index (χ4n) is 2.34. The topological polar surface area (TPSA) is 43.4 Å². The monoisotopic (exact) mass is 346 g/mol. The molecule has 2 atom stereocenters. The van der Waals surface area contributed by atoms with E-state index in [-0.39, 0.29) is 12.1 Å². The lowest BCUT2D eigenvalue weighted by Crippen LogP contribution is -2.25. The number of benzene rings is 1. The number of nitrogens with zero attached hydrogens (tertiary/aromatic N) is 1. The Morgan fingerprint density at radius 2 is 2.30 bits per heavy atom. The summed E-state index contributed by atoms with van der Waals surface area (Å²) in [7, 11) is 0. The van der Waals surface area contributed by atoms with E-state index in [2.05, 4.69) is 10.3 Å². The van der Waals surface area contributed by atoms with Crippen LogP contribution in [0.25, 0.3) is 10.2 Å². The predicted molar refractivity (Wildman–Crippen MR) is 82.9 cm³/mol. The van der Waals surface area contributed by atoms with Crippen molar-refractivity contribution in [2.24, 2.45) is 0 Å². The van der Waals surface area contributed by atoms with Crippen molar-refractivity contribution in [3.63, 3.8) is 0 Å². The van der Waals surface area contributed by atoms with E-state index in [9.17, 15) is 13.2 Å². The van der Waals surface area contributed by atoms with Crippen molar-refractivity contribution in [3.05, 3.63) is 23.8 Å². The predicted octanol–water partition coefficient (Wildman–Crippen LogP) is 3.92. The van der Waals surface area contributed by atoms with Gasteiger partial charge in [-0.05, 0) is 31.5 Å². The van der Waals surface area contributed by atoms with Crippen molar-refractivity contribution in [3.8, 4) is 0 Å². The summed E-state index contributed by atoms with van der Waals surface area (Å²) in [5.74, 6) is 0. The van der Waals surface area contributed by atoms with Crippen LogP contribution in [-0.4, -0.2) is 37.0 Å². The van der Waals surface area contributed by atoms with Crippen molar-refractivity contribution in [2.75, 3.05) is 25.1 Å². The second kappa shape index (κ2) is 6.62. The van der Waals surface area contributed by atoms with Gasteiger partial charge in [0.15, 0.2) is 5.13 Å². The highest BCUT2D eigenvalue weighted by Gasteiger charge is 2.30. The molecule has 1 aliphatic heterocycles. The van der Waals surface area contributed by atoms with E-state index in [1.807, 2.05) is 6.92 Å². The largest absolute Gasteiger partial charge is 0.416 e. The molecule has 1 N–H and O–H groups in total. The van der Waals surface area contributed by atoms with Gasteiger partial charge >= 0.3 is 6.18 Å². The zero-order chi connectivity index (χ0) is 16.4. The molecule has 0 radical (unpaired) electrons. The van der Waals surface area contributed by atoms with Gasteiger partial charge in [0.05, 0.1) is 35.1 Å². The molecule has 1 saturated heterocycles. The number of aromatic nitrogens is 1. The Hall–Kier alpha value is -1.38. The van der Waals surface area contributed by atoms with E-state index in [0.29, 0.717) is 23.9 Å². The summed E-state index contributed by atoms with van der Waals surface area (Å²) in [6.45, 7) is 3.79. The number of alkyl halides is 3. The molecule has 0 unspecified atom stereocenters. The number of hydrogen-bond acceptors (Lipinski definition) is 5. The Bertz CT molecular complexity index is 668. The van der Waals surface area contributed by atoms with Crippen LogP contribution in [-0.2, 0) is 15.7 Å². The van der Waals surface area contributed by atoms with Crippen LogP contribution in [0, 0.1) is 0 Å². The van der Waals surface area contributed by atoms with Crippen molar-refractivity contribution >= 4 is 26.7 Å². The number of fused-ring (bicyclic) bond motifs is 1. The second-order valence-corrected chi connectivity index (χ2v) is 6.59. The lowest BCUT2D eigenvalue weighted by atomic mass is 10.2.